The smallest absolute Gasteiger partial charge is 0.414 e. The molecule has 3 aromatic rings. The van der Waals surface area contributed by atoms with Crippen LogP contribution in [0.25, 0.3) is 11.1 Å². The molecule has 2 aliphatic rings. The first-order chi connectivity index (χ1) is 23.7. The van der Waals surface area contributed by atoms with Gasteiger partial charge < -0.3 is 18.8 Å². The third-order valence-electron chi connectivity index (χ3n) is 8.54. The summed E-state index contributed by atoms with van der Waals surface area (Å²) in [6.07, 6.45) is -2.20. The summed E-state index contributed by atoms with van der Waals surface area (Å²) < 4.78 is 73.1. The fourth-order valence-electron chi connectivity index (χ4n) is 6.57. The van der Waals surface area contributed by atoms with E-state index < -0.39 is 53.2 Å². The Labute approximate surface area is 294 Å². The van der Waals surface area contributed by atoms with Gasteiger partial charge in [0.2, 0.25) is 5.88 Å². The third kappa shape index (κ3) is 10.2. The molecule has 0 spiro atoms. The molecule has 1 N–H and O–H groups in total. The van der Waals surface area contributed by atoms with Gasteiger partial charge in [0.05, 0.1) is 12.3 Å². The summed E-state index contributed by atoms with van der Waals surface area (Å²) in [5, 5.41) is 2.52. The van der Waals surface area contributed by atoms with Crippen molar-refractivity contribution in [2.75, 3.05) is 36.4 Å². The molecule has 15 heteroatoms. The lowest BCUT2D eigenvalue weighted by molar-refractivity contribution is -0.181. The van der Waals surface area contributed by atoms with E-state index in [0.717, 1.165) is 0 Å². The normalized spacial score (nSPS) is 20.4. The summed E-state index contributed by atoms with van der Waals surface area (Å²) in [5.41, 5.74) is 0.101. The number of ketones is 1. The van der Waals surface area contributed by atoms with E-state index in [1.807, 2.05) is 4.90 Å². The predicted octanol–water partition coefficient (Wildman–Crippen LogP) is 7.28. The van der Waals surface area contributed by atoms with Gasteiger partial charge in [-0.25, -0.2) is 9.18 Å². The monoisotopic (exact) mass is 719 g/mol. The highest BCUT2D eigenvalue weighted by molar-refractivity contribution is 6.12. The number of aromatic nitrogens is 2. The van der Waals surface area contributed by atoms with Gasteiger partial charge in [-0.05, 0) is 78.0 Å². The number of rotatable bonds is 9. The molecule has 0 radical (unpaired) electrons. The van der Waals surface area contributed by atoms with Gasteiger partial charge in [0, 0.05) is 69.0 Å². The van der Waals surface area contributed by atoms with Crippen LogP contribution in [0.2, 0.25) is 0 Å². The van der Waals surface area contributed by atoms with E-state index in [2.05, 4.69) is 15.3 Å². The standard InChI is InChI=1S/C36H45F4N5O6/c1-34(2,3)50-29(47)13-21-11-24(36(38,39)40)19-45(18-21)26-7-9-41-16-23(26)14-27(46)30-31-28(49-32(30)43-33(48)51-35(4,5)6)12-22(15-42-31)17-44-10-8-25(37)20-44/h7,9,12,15-16,21,24-25H,8,10-11,13-14,17-20H2,1-6H3,(H,43,48)/t21-,24-,25+/m1/s1. The van der Waals surface area contributed by atoms with E-state index in [4.69, 9.17) is 13.9 Å². The summed E-state index contributed by atoms with van der Waals surface area (Å²) in [5.74, 6) is -3.69. The van der Waals surface area contributed by atoms with Crippen LogP contribution in [0.4, 0.5) is 33.9 Å². The Morgan fingerprint density at radius 3 is 2.39 bits per heavy atom. The van der Waals surface area contributed by atoms with E-state index in [1.165, 1.54) is 12.4 Å². The van der Waals surface area contributed by atoms with Crippen LogP contribution >= 0.6 is 0 Å². The van der Waals surface area contributed by atoms with Crippen LogP contribution in [0.3, 0.4) is 0 Å². The summed E-state index contributed by atoms with van der Waals surface area (Å²) in [7, 11) is 0. The summed E-state index contributed by atoms with van der Waals surface area (Å²) in [6, 6.07) is 3.22. The predicted molar refractivity (Wildman–Crippen MR) is 181 cm³/mol. The van der Waals surface area contributed by atoms with Crippen molar-refractivity contribution in [1.29, 1.82) is 0 Å². The van der Waals surface area contributed by atoms with E-state index in [-0.39, 0.29) is 54.9 Å². The van der Waals surface area contributed by atoms with Gasteiger partial charge in [-0.1, -0.05) is 0 Å². The number of likely N-dealkylation sites (tertiary alicyclic amines) is 1. The second kappa shape index (κ2) is 14.8. The maximum absolute atomic E-state index is 14.2. The van der Waals surface area contributed by atoms with Crippen LogP contribution in [-0.2, 0) is 27.2 Å². The number of furan rings is 1. The molecule has 278 valence electrons. The average molecular weight is 720 g/mol. The van der Waals surface area contributed by atoms with E-state index in [1.54, 1.807) is 64.8 Å². The molecule has 0 aromatic carbocycles. The number of carbonyl (C=O) groups excluding carboxylic acids is 3. The lowest BCUT2D eigenvalue weighted by Crippen LogP contribution is -2.47. The van der Waals surface area contributed by atoms with E-state index in [9.17, 15) is 31.9 Å². The highest BCUT2D eigenvalue weighted by Gasteiger charge is 2.45. The number of nitrogens with zero attached hydrogens (tertiary/aromatic N) is 4. The molecule has 0 unspecified atom stereocenters. The second-order valence-electron chi connectivity index (χ2n) is 15.4. The number of piperidine rings is 1. The van der Waals surface area contributed by atoms with Crippen molar-refractivity contribution in [3.8, 4) is 0 Å². The van der Waals surface area contributed by atoms with Gasteiger partial charge in [0.1, 0.15) is 28.5 Å². The zero-order chi connectivity index (χ0) is 37.3. The van der Waals surface area contributed by atoms with Crippen molar-refractivity contribution in [3.05, 3.63) is 47.4 Å². The maximum Gasteiger partial charge on any atom is 0.414 e. The SMILES string of the molecule is CC(C)(C)OC(=O)C[C@H]1C[C@@H](C(F)(F)F)CN(c2ccncc2CC(=O)c2c(NC(=O)OC(C)(C)C)oc3cc(CN4CC[C@H](F)C4)cnc23)C1. The quantitative estimate of drug-likeness (QED) is 0.137. The van der Waals surface area contributed by atoms with Crippen LogP contribution in [0.5, 0.6) is 0 Å². The largest absolute Gasteiger partial charge is 0.460 e. The lowest BCUT2D eigenvalue weighted by Gasteiger charge is -2.40. The van der Waals surface area contributed by atoms with Crippen molar-refractivity contribution in [2.45, 2.75) is 97.3 Å². The lowest BCUT2D eigenvalue weighted by atomic mass is 9.86. The fourth-order valence-corrected chi connectivity index (χ4v) is 6.57. The maximum atomic E-state index is 14.2. The van der Waals surface area contributed by atoms with Crippen molar-refractivity contribution in [3.63, 3.8) is 0 Å². The first-order valence-electron chi connectivity index (χ1n) is 17.0. The zero-order valence-corrected chi connectivity index (χ0v) is 29.7. The number of nitrogens with one attached hydrogen (secondary N) is 1. The number of pyridine rings is 2. The number of esters is 1. The topological polar surface area (TPSA) is 127 Å². The molecular formula is C36H45F4N5O6. The molecular weight excluding hydrogens is 674 g/mol. The van der Waals surface area contributed by atoms with E-state index >= 15 is 0 Å². The van der Waals surface area contributed by atoms with Crippen molar-refractivity contribution >= 4 is 40.5 Å². The van der Waals surface area contributed by atoms with Crippen LogP contribution in [0, 0.1) is 11.8 Å². The first kappa shape index (κ1) is 38.0. The number of halogens is 4. The molecule has 0 aliphatic carbocycles. The number of hydrogen-bond donors (Lipinski definition) is 1. The molecule has 5 rings (SSSR count). The van der Waals surface area contributed by atoms with Crippen LogP contribution in [0.1, 0.15) is 82.3 Å². The fraction of sp³-hybridized carbons (Fsp3) is 0.583. The molecule has 1 amide bonds. The Kier molecular flexibility index (Phi) is 11.0. The molecule has 2 fully saturated rings. The second-order valence-corrected chi connectivity index (χ2v) is 15.4. The molecule has 5 heterocycles. The van der Waals surface area contributed by atoms with Crippen LogP contribution < -0.4 is 10.2 Å². The minimum absolute atomic E-state index is 0.0446. The Hall–Kier alpha value is -4.27. The minimum atomic E-state index is -4.52. The number of anilines is 2. The number of fused-ring (bicyclic) bond motifs is 1. The van der Waals surface area contributed by atoms with Crippen molar-refractivity contribution in [2.24, 2.45) is 11.8 Å². The highest BCUT2D eigenvalue weighted by Crippen LogP contribution is 2.40. The summed E-state index contributed by atoms with van der Waals surface area (Å²) >= 11 is 0. The summed E-state index contributed by atoms with van der Waals surface area (Å²) in [4.78, 5) is 51.7. The Bertz CT molecular complexity index is 1750. The Morgan fingerprint density at radius 1 is 1.02 bits per heavy atom. The molecule has 2 aliphatic heterocycles. The van der Waals surface area contributed by atoms with E-state index in [0.29, 0.717) is 42.9 Å². The minimum Gasteiger partial charge on any atom is -0.460 e. The average Bonchev–Trinajstić information content (AvgIpc) is 3.56. The van der Waals surface area contributed by atoms with Crippen LogP contribution in [0.15, 0.2) is 35.1 Å². The van der Waals surface area contributed by atoms with Gasteiger partial charge in [-0.2, -0.15) is 13.2 Å². The van der Waals surface area contributed by atoms with Gasteiger partial charge in [0.25, 0.3) is 0 Å². The molecule has 11 nitrogen and oxygen atoms in total. The van der Waals surface area contributed by atoms with Crippen molar-refractivity contribution < 1.29 is 45.8 Å². The number of alkyl halides is 4. The number of ether oxygens (including phenoxy) is 2. The first-order valence-corrected chi connectivity index (χ1v) is 17.0. The van der Waals surface area contributed by atoms with Crippen LogP contribution in [-0.4, -0.2) is 82.4 Å². The highest BCUT2D eigenvalue weighted by atomic mass is 19.4. The number of amides is 1. The van der Waals surface area contributed by atoms with Gasteiger partial charge >= 0.3 is 18.2 Å². The van der Waals surface area contributed by atoms with Gasteiger partial charge in [-0.3, -0.25) is 29.8 Å². The molecule has 0 saturated carbocycles. The molecule has 3 atom stereocenters. The van der Waals surface area contributed by atoms with Gasteiger partial charge in [0.15, 0.2) is 11.4 Å². The summed E-state index contributed by atoms with van der Waals surface area (Å²) in [6.45, 7) is 11.2. The van der Waals surface area contributed by atoms with Crippen molar-refractivity contribution in [1.82, 2.24) is 14.9 Å². The van der Waals surface area contributed by atoms with Gasteiger partial charge in [-0.15, -0.1) is 0 Å². The number of carbonyl (C=O) groups is 3. The molecule has 0 bridgehead atoms. The number of hydrogen-bond acceptors (Lipinski definition) is 10. The molecule has 2 saturated heterocycles. The molecule has 3 aromatic heterocycles. The Balaban J connectivity index is 1.44. The third-order valence-corrected chi connectivity index (χ3v) is 8.54. The number of Topliss-reactive ketones (excluding diaryl/α,β-unsaturated/α-hetero) is 1. The Morgan fingerprint density at radius 2 is 1.75 bits per heavy atom. The molecule has 51 heavy (non-hydrogen) atoms. The zero-order valence-electron chi connectivity index (χ0n) is 29.7.